The lowest BCUT2D eigenvalue weighted by Gasteiger charge is -2.39. The second kappa shape index (κ2) is 9.65. The van der Waals surface area contributed by atoms with E-state index in [0.29, 0.717) is 38.3 Å². The number of hydrogen-bond donors (Lipinski definition) is 1. The molecule has 0 radical (unpaired) electrons. The highest BCUT2D eigenvalue weighted by atomic mass is 19.1. The van der Waals surface area contributed by atoms with Gasteiger partial charge >= 0.3 is 0 Å². The van der Waals surface area contributed by atoms with E-state index < -0.39 is 6.04 Å². The molecule has 2 aliphatic heterocycles. The van der Waals surface area contributed by atoms with Crippen LogP contribution >= 0.6 is 0 Å². The number of carbonyl (C=O) groups excluding carboxylic acids is 2. The summed E-state index contributed by atoms with van der Waals surface area (Å²) in [6, 6.07) is 10.1. The highest BCUT2D eigenvalue weighted by molar-refractivity contribution is 5.89. The molecule has 0 saturated carbocycles. The Balaban J connectivity index is 1.37. The zero-order chi connectivity index (χ0) is 22.7. The molecule has 1 N–H and O–H groups in total. The van der Waals surface area contributed by atoms with E-state index in [2.05, 4.69) is 27.3 Å². The summed E-state index contributed by atoms with van der Waals surface area (Å²) in [7, 11) is 0. The number of nitrogens with zero attached hydrogens (tertiary/aromatic N) is 4. The number of amides is 2. The number of aryl methyl sites for hydroxylation is 2. The lowest BCUT2D eigenvalue weighted by Crippen LogP contribution is -2.57. The van der Waals surface area contributed by atoms with Gasteiger partial charge in [0.2, 0.25) is 11.8 Å². The largest absolute Gasteiger partial charge is 0.368 e. The average Bonchev–Trinajstić information content (AvgIpc) is 2.77. The number of rotatable bonds is 5. The third-order valence-electron chi connectivity index (χ3n) is 6.20. The zero-order valence-electron chi connectivity index (χ0n) is 18.7. The van der Waals surface area contributed by atoms with Gasteiger partial charge in [0.15, 0.2) is 0 Å². The van der Waals surface area contributed by atoms with Gasteiger partial charge in [-0.2, -0.15) is 0 Å². The summed E-state index contributed by atoms with van der Waals surface area (Å²) in [6.45, 7) is 8.08. The number of nitrogens with one attached hydrogen (secondary N) is 1. The lowest BCUT2D eigenvalue weighted by molar-refractivity contribution is -0.139. The van der Waals surface area contributed by atoms with Crippen LogP contribution in [0.5, 0.6) is 0 Å². The molecule has 1 unspecified atom stereocenters. The van der Waals surface area contributed by atoms with Crippen molar-refractivity contribution in [3.8, 4) is 0 Å². The number of benzene rings is 1. The second-order valence-corrected chi connectivity index (χ2v) is 8.55. The van der Waals surface area contributed by atoms with Crippen LogP contribution in [0.4, 0.5) is 10.1 Å². The van der Waals surface area contributed by atoms with Crippen molar-refractivity contribution in [2.75, 3.05) is 44.2 Å². The van der Waals surface area contributed by atoms with Gasteiger partial charge in [-0.05, 0) is 32.0 Å². The van der Waals surface area contributed by atoms with Crippen molar-refractivity contribution in [2.45, 2.75) is 32.9 Å². The Labute approximate surface area is 188 Å². The van der Waals surface area contributed by atoms with Gasteiger partial charge in [0.1, 0.15) is 5.82 Å². The van der Waals surface area contributed by atoms with Crippen molar-refractivity contribution >= 4 is 17.5 Å². The summed E-state index contributed by atoms with van der Waals surface area (Å²) in [5.41, 5.74) is 3.63. The fourth-order valence-corrected chi connectivity index (χ4v) is 4.52. The van der Waals surface area contributed by atoms with Crippen LogP contribution in [0.25, 0.3) is 0 Å². The normalized spacial score (nSPS) is 19.7. The Kier molecular flexibility index (Phi) is 6.69. The molecule has 0 bridgehead atoms. The number of pyridine rings is 1. The van der Waals surface area contributed by atoms with Crippen molar-refractivity contribution in [1.82, 2.24) is 20.1 Å². The third kappa shape index (κ3) is 5.07. The smallest absolute Gasteiger partial charge is 0.237 e. The lowest BCUT2D eigenvalue weighted by atomic mass is 10.1. The first-order valence-electron chi connectivity index (χ1n) is 11.1. The monoisotopic (exact) mass is 439 g/mol. The molecule has 32 heavy (non-hydrogen) atoms. The van der Waals surface area contributed by atoms with E-state index in [4.69, 9.17) is 0 Å². The molecule has 1 atom stereocenters. The maximum Gasteiger partial charge on any atom is 0.237 e. The van der Waals surface area contributed by atoms with Gasteiger partial charge in [0, 0.05) is 68.5 Å². The average molecular weight is 440 g/mol. The first-order valence-corrected chi connectivity index (χ1v) is 11.1. The molecule has 8 heteroatoms. The maximum atomic E-state index is 14.1. The Bertz CT molecular complexity index is 970. The number of hydrogen-bond acceptors (Lipinski definition) is 5. The molecule has 4 rings (SSSR count). The molecule has 0 aliphatic carbocycles. The first-order chi connectivity index (χ1) is 15.4. The van der Waals surface area contributed by atoms with Gasteiger partial charge < -0.3 is 15.1 Å². The zero-order valence-corrected chi connectivity index (χ0v) is 18.7. The van der Waals surface area contributed by atoms with E-state index >= 15 is 0 Å². The minimum absolute atomic E-state index is 0.0349. The standard InChI is InChI=1S/C24H30FN5O2/c1-17-13-20(14-18(2)27-17)28-9-11-29(12-10-28)23(31)15-22-24(32)26-7-8-30(22)16-19-5-3-4-6-21(19)25/h3-6,13-14,22H,7-12,15-16H2,1-2H3,(H,26,32). The van der Waals surface area contributed by atoms with Crippen LogP contribution in [0.3, 0.4) is 0 Å². The summed E-state index contributed by atoms with van der Waals surface area (Å²) < 4.78 is 14.1. The Morgan fingerprint density at radius 2 is 1.78 bits per heavy atom. The molecule has 2 fully saturated rings. The maximum absolute atomic E-state index is 14.1. The van der Waals surface area contributed by atoms with Crippen molar-refractivity contribution in [1.29, 1.82) is 0 Å². The van der Waals surface area contributed by atoms with Crippen molar-refractivity contribution in [2.24, 2.45) is 0 Å². The molecule has 2 aliphatic rings. The molecule has 7 nitrogen and oxygen atoms in total. The van der Waals surface area contributed by atoms with Gasteiger partial charge in [-0.3, -0.25) is 19.5 Å². The van der Waals surface area contributed by atoms with Crippen molar-refractivity contribution < 1.29 is 14.0 Å². The summed E-state index contributed by atoms with van der Waals surface area (Å²) in [6.07, 6.45) is 0.105. The van der Waals surface area contributed by atoms with Gasteiger partial charge in [-0.1, -0.05) is 18.2 Å². The Morgan fingerprint density at radius 1 is 1.09 bits per heavy atom. The molecule has 2 amide bonds. The summed E-state index contributed by atoms with van der Waals surface area (Å²) >= 11 is 0. The third-order valence-corrected chi connectivity index (χ3v) is 6.20. The molecule has 1 aromatic heterocycles. The Hall–Kier alpha value is -3.00. The molecule has 1 aromatic carbocycles. The van der Waals surface area contributed by atoms with E-state index in [-0.39, 0.29) is 24.1 Å². The SMILES string of the molecule is Cc1cc(N2CCN(C(=O)CC3C(=O)NCCN3Cc3ccccc3F)CC2)cc(C)n1. The van der Waals surface area contributed by atoms with Crippen LogP contribution in [0.1, 0.15) is 23.4 Å². The van der Waals surface area contributed by atoms with Gasteiger partial charge in [0.25, 0.3) is 0 Å². The predicted octanol–water partition coefficient (Wildman–Crippen LogP) is 1.88. The van der Waals surface area contributed by atoms with Crippen LogP contribution in [-0.2, 0) is 16.1 Å². The quantitative estimate of drug-likeness (QED) is 0.771. The van der Waals surface area contributed by atoms with Crippen molar-refractivity contribution in [3.63, 3.8) is 0 Å². The highest BCUT2D eigenvalue weighted by Crippen LogP contribution is 2.20. The summed E-state index contributed by atoms with van der Waals surface area (Å²) in [5, 5.41) is 2.85. The van der Waals surface area contributed by atoms with Gasteiger partial charge in [-0.15, -0.1) is 0 Å². The molecule has 170 valence electrons. The van der Waals surface area contributed by atoms with Gasteiger partial charge in [-0.25, -0.2) is 4.39 Å². The minimum atomic E-state index is -0.584. The highest BCUT2D eigenvalue weighted by Gasteiger charge is 2.34. The first kappa shape index (κ1) is 22.2. The van der Waals surface area contributed by atoms with E-state index in [9.17, 15) is 14.0 Å². The van der Waals surface area contributed by atoms with E-state index in [1.54, 1.807) is 18.2 Å². The molecule has 2 aromatic rings. The fourth-order valence-electron chi connectivity index (χ4n) is 4.52. The van der Waals surface area contributed by atoms with Crippen LogP contribution in [-0.4, -0.2) is 71.9 Å². The number of anilines is 1. The summed E-state index contributed by atoms with van der Waals surface area (Å²) in [5.74, 6) is -0.490. The van der Waals surface area contributed by atoms with E-state index in [0.717, 1.165) is 30.2 Å². The molecule has 2 saturated heterocycles. The molecular formula is C24H30FN5O2. The van der Waals surface area contributed by atoms with E-state index in [1.807, 2.05) is 23.6 Å². The Morgan fingerprint density at radius 3 is 2.47 bits per heavy atom. The van der Waals surface area contributed by atoms with E-state index in [1.165, 1.54) is 6.07 Å². The number of halogens is 1. The number of aromatic nitrogens is 1. The fraction of sp³-hybridized carbons (Fsp3) is 0.458. The predicted molar refractivity (Wildman–Crippen MR) is 121 cm³/mol. The van der Waals surface area contributed by atoms with Crippen LogP contribution in [0.2, 0.25) is 0 Å². The minimum Gasteiger partial charge on any atom is -0.368 e. The van der Waals surface area contributed by atoms with Gasteiger partial charge in [0.05, 0.1) is 12.5 Å². The van der Waals surface area contributed by atoms with Crippen LogP contribution in [0.15, 0.2) is 36.4 Å². The second-order valence-electron chi connectivity index (χ2n) is 8.55. The van der Waals surface area contributed by atoms with Crippen LogP contribution in [0, 0.1) is 19.7 Å². The molecule has 0 spiro atoms. The number of carbonyl (C=O) groups is 2. The topological polar surface area (TPSA) is 68.8 Å². The summed E-state index contributed by atoms with van der Waals surface area (Å²) in [4.78, 5) is 36.1. The molecular weight excluding hydrogens is 409 g/mol. The van der Waals surface area contributed by atoms with Crippen molar-refractivity contribution in [3.05, 3.63) is 59.2 Å². The molecule has 3 heterocycles. The number of piperazine rings is 2. The van der Waals surface area contributed by atoms with Crippen LogP contribution < -0.4 is 10.2 Å².